The van der Waals surface area contributed by atoms with E-state index in [0.717, 1.165) is 5.56 Å². The summed E-state index contributed by atoms with van der Waals surface area (Å²) in [6.45, 7) is 0. The van der Waals surface area contributed by atoms with Gasteiger partial charge in [-0.05, 0) is 52.3 Å². The van der Waals surface area contributed by atoms with E-state index in [2.05, 4.69) is 21.2 Å². The molecule has 3 N–H and O–H groups in total. The van der Waals surface area contributed by atoms with Gasteiger partial charge in [-0.1, -0.05) is 12.2 Å². The Kier molecular flexibility index (Phi) is 3.78. The quantitative estimate of drug-likeness (QED) is 0.852. The van der Waals surface area contributed by atoms with Gasteiger partial charge in [-0.3, -0.25) is 4.79 Å². The first-order valence-electron chi connectivity index (χ1n) is 5.03. The molecule has 1 amide bonds. The molecule has 2 aromatic rings. The van der Waals surface area contributed by atoms with Crippen LogP contribution in [0.2, 0.25) is 0 Å². The molecule has 4 nitrogen and oxygen atoms in total. The maximum absolute atomic E-state index is 11.8. The smallest absolute Gasteiger partial charge is 0.291 e. The topological polar surface area (TPSA) is 68.3 Å². The second-order valence-corrected chi connectivity index (χ2v) is 4.72. The second-order valence-electron chi connectivity index (χ2n) is 3.50. The molecular formula is C12H9BrN2O2S. The van der Waals surface area contributed by atoms with Gasteiger partial charge < -0.3 is 15.5 Å². The van der Waals surface area contributed by atoms with E-state index in [1.54, 1.807) is 36.4 Å². The molecule has 0 radical (unpaired) electrons. The molecule has 0 saturated heterocycles. The number of benzene rings is 1. The summed E-state index contributed by atoms with van der Waals surface area (Å²) >= 11 is 7.98. The van der Waals surface area contributed by atoms with Crippen LogP contribution in [0.5, 0.6) is 0 Å². The molecule has 1 heterocycles. The van der Waals surface area contributed by atoms with Crippen LogP contribution in [0, 0.1) is 0 Å². The standard InChI is InChI=1S/C12H9BrN2O2S/c13-10-6-5-9(17-10)12(16)15-8-3-1-7(2-4-8)11(14)18/h1-6H,(H2,14,18)(H,15,16). The van der Waals surface area contributed by atoms with Gasteiger partial charge in [0.25, 0.3) is 5.91 Å². The zero-order valence-corrected chi connectivity index (χ0v) is 11.5. The molecule has 92 valence electrons. The third kappa shape index (κ3) is 2.96. The summed E-state index contributed by atoms with van der Waals surface area (Å²) in [6, 6.07) is 10.2. The zero-order valence-electron chi connectivity index (χ0n) is 9.14. The zero-order chi connectivity index (χ0) is 13.1. The maximum atomic E-state index is 11.8. The number of hydrogen-bond donors (Lipinski definition) is 2. The molecule has 18 heavy (non-hydrogen) atoms. The van der Waals surface area contributed by atoms with Gasteiger partial charge in [0, 0.05) is 11.3 Å². The summed E-state index contributed by atoms with van der Waals surface area (Å²) in [5, 5.41) is 2.70. The molecule has 0 bridgehead atoms. The summed E-state index contributed by atoms with van der Waals surface area (Å²) in [5.74, 6) is -0.0796. The van der Waals surface area contributed by atoms with Crippen LogP contribution in [-0.2, 0) is 0 Å². The van der Waals surface area contributed by atoms with Crippen LogP contribution < -0.4 is 11.1 Å². The van der Waals surface area contributed by atoms with E-state index in [0.29, 0.717) is 15.3 Å². The van der Waals surface area contributed by atoms with Gasteiger partial charge in [0.05, 0.1) is 0 Å². The van der Waals surface area contributed by atoms with Gasteiger partial charge in [0.2, 0.25) is 0 Å². The minimum atomic E-state index is -0.316. The van der Waals surface area contributed by atoms with Crippen LogP contribution in [0.3, 0.4) is 0 Å². The van der Waals surface area contributed by atoms with Gasteiger partial charge in [0.1, 0.15) is 4.99 Å². The summed E-state index contributed by atoms with van der Waals surface area (Å²) in [5.41, 5.74) is 6.88. The Morgan fingerprint density at radius 3 is 2.39 bits per heavy atom. The monoisotopic (exact) mass is 324 g/mol. The average Bonchev–Trinajstić information content (AvgIpc) is 2.76. The van der Waals surface area contributed by atoms with Crippen LogP contribution in [0.15, 0.2) is 45.5 Å². The summed E-state index contributed by atoms with van der Waals surface area (Å²) < 4.78 is 5.65. The molecule has 0 fully saturated rings. The molecule has 0 saturated carbocycles. The molecular weight excluding hydrogens is 316 g/mol. The SMILES string of the molecule is NC(=S)c1ccc(NC(=O)c2ccc(Br)o2)cc1. The van der Waals surface area contributed by atoms with Crippen molar-refractivity contribution in [2.75, 3.05) is 5.32 Å². The van der Waals surface area contributed by atoms with Crippen LogP contribution in [0.1, 0.15) is 16.1 Å². The van der Waals surface area contributed by atoms with E-state index in [-0.39, 0.29) is 11.7 Å². The molecule has 1 aromatic carbocycles. The fourth-order valence-electron chi connectivity index (χ4n) is 1.35. The first-order valence-corrected chi connectivity index (χ1v) is 6.23. The Bertz CT molecular complexity index is 592. The van der Waals surface area contributed by atoms with Crippen molar-refractivity contribution in [3.05, 3.63) is 52.4 Å². The number of nitrogens with two attached hydrogens (primary N) is 1. The number of halogens is 1. The summed E-state index contributed by atoms with van der Waals surface area (Å²) in [7, 11) is 0. The number of carbonyl (C=O) groups excluding carboxylic acids is 1. The number of thiocarbonyl (C=S) groups is 1. The van der Waals surface area contributed by atoms with E-state index < -0.39 is 0 Å². The minimum Gasteiger partial charge on any atom is -0.444 e. The van der Waals surface area contributed by atoms with Crippen LogP contribution in [0.4, 0.5) is 5.69 Å². The highest BCUT2D eigenvalue weighted by Crippen LogP contribution is 2.16. The van der Waals surface area contributed by atoms with Crippen molar-refractivity contribution in [1.29, 1.82) is 0 Å². The molecule has 0 atom stereocenters. The van der Waals surface area contributed by atoms with Crippen LogP contribution in [0.25, 0.3) is 0 Å². The van der Waals surface area contributed by atoms with Crippen LogP contribution in [-0.4, -0.2) is 10.9 Å². The van der Waals surface area contributed by atoms with Crippen LogP contribution >= 0.6 is 28.1 Å². The predicted octanol–water partition coefficient (Wildman–Crippen LogP) is 2.93. The maximum Gasteiger partial charge on any atom is 0.291 e. The lowest BCUT2D eigenvalue weighted by atomic mass is 10.2. The van der Waals surface area contributed by atoms with E-state index in [9.17, 15) is 4.79 Å². The molecule has 0 spiro atoms. The Morgan fingerprint density at radius 1 is 1.22 bits per heavy atom. The fraction of sp³-hybridized carbons (Fsp3) is 0. The highest BCUT2D eigenvalue weighted by atomic mass is 79.9. The first-order chi connectivity index (χ1) is 8.56. The Balaban J connectivity index is 2.10. The molecule has 0 aliphatic heterocycles. The molecule has 0 aliphatic rings. The van der Waals surface area contributed by atoms with Gasteiger partial charge in [-0.15, -0.1) is 0 Å². The van der Waals surface area contributed by atoms with E-state index in [1.165, 1.54) is 0 Å². The third-order valence-corrected chi connectivity index (χ3v) is 2.89. The molecule has 2 rings (SSSR count). The number of furan rings is 1. The van der Waals surface area contributed by atoms with Crippen molar-refractivity contribution in [3.63, 3.8) is 0 Å². The lowest BCUT2D eigenvalue weighted by Crippen LogP contribution is -2.12. The molecule has 0 unspecified atom stereocenters. The third-order valence-electron chi connectivity index (χ3n) is 2.22. The van der Waals surface area contributed by atoms with E-state index in [4.69, 9.17) is 22.4 Å². The highest BCUT2D eigenvalue weighted by molar-refractivity contribution is 9.10. The minimum absolute atomic E-state index is 0.236. The van der Waals surface area contributed by atoms with Crippen molar-refractivity contribution in [3.8, 4) is 0 Å². The lowest BCUT2D eigenvalue weighted by Gasteiger charge is -2.04. The lowest BCUT2D eigenvalue weighted by molar-refractivity contribution is 0.0995. The summed E-state index contributed by atoms with van der Waals surface area (Å²) in [4.78, 5) is 12.1. The number of nitrogens with one attached hydrogen (secondary N) is 1. The number of carbonyl (C=O) groups is 1. The molecule has 0 aliphatic carbocycles. The normalized spacial score (nSPS) is 10.1. The number of amides is 1. The average molecular weight is 325 g/mol. The van der Waals surface area contributed by atoms with Crippen molar-refractivity contribution < 1.29 is 9.21 Å². The Hall–Kier alpha value is -1.66. The second kappa shape index (κ2) is 5.32. The predicted molar refractivity (Wildman–Crippen MR) is 76.7 cm³/mol. The van der Waals surface area contributed by atoms with Gasteiger partial charge >= 0.3 is 0 Å². The van der Waals surface area contributed by atoms with Gasteiger partial charge in [-0.25, -0.2) is 0 Å². The molecule has 6 heteroatoms. The number of rotatable bonds is 3. The largest absolute Gasteiger partial charge is 0.444 e. The number of hydrogen-bond acceptors (Lipinski definition) is 3. The van der Waals surface area contributed by atoms with E-state index >= 15 is 0 Å². The van der Waals surface area contributed by atoms with Gasteiger partial charge in [0.15, 0.2) is 10.4 Å². The van der Waals surface area contributed by atoms with Gasteiger partial charge in [-0.2, -0.15) is 0 Å². The summed E-state index contributed by atoms with van der Waals surface area (Å²) in [6.07, 6.45) is 0. The van der Waals surface area contributed by atoms with Crippen molar-refractivity contribution in [2.45, 2.75) is 0 Å². The highest BCUT2D eigenvalue weighted by Gasteiger charge is 2.10. The van der Waals surface area contributed by atoms with Crippen molar-refractivity contribution in [2.24, 2.45) is 5.73 Å². The van der Waals surface area contributed by atoms with E-state index in [1.807, 2.05) is 0 Å². The van der Waals surface area contributed by atoms with Crippen molar-refractivity contribution >= 4 is 44.7 Å². The Labute approximate surface area is 117 Å². The molecule has 1 aromatic heterocycles. The number of anilines is 1. The fourth-order valence-corrected chi connectivity index (χ4v) is 1.79. The Morgan fingerprint density at radius 2 is 1.89 bits per heavy atom. The van der Waals surface area contributed by atoms with Crippen molar-refractivity contribution in [1.82, 2.24) is 0 Å². The first kappa shape index (κ1) is 12.8.